The van der Waals surface area contributed by atoms with Gasteiger partial charge in [0.2, 0.25) is 0 Å². The number of carbonyl (C=O) groups excluding carboxylic acids is 1. The molecule has 1 aliphatic heterocycles. The molecule has 1 aromatic carbocycles. The lowest BCUT2D eigenvalue weighted by atomic mass is 9.95. The number of halogens is 1. The first-order valence-electron chi connectivity index (χ1n) is 7.30. The second-order valence-corrected chi connectivity index (χ2v) is 5.89. The molecule has 1 aromatic rings. The van der Waals surface area contributed by atoms with Crippen molar-refractivity contribution in [2.75, 3.05) is 13.2 Å². The van der Waals surface area contributed by atoms with E-state index < -0.39 is 0 Å². The van der Waals surface area contributed by atoms with Crippen molar-refractivity contribution in [1.29, 1.82) is 0 Å². The van der Waals surface area contributed by atoms with Crippen molar-refractivity contribution in [3.8, 4) is 0 Å². The van der Waals surface area contributed by atoms with Crippen LogP contribution in [0.15, 0.2) is 24.3 Å². The van der Waals surface area contributed by atoms with Gasteiger partial charge in [-0.3, -0.25) is 9.69 Å². The van der Waals surface area contributed by atoms with E-state index in [1.54, 1.807) is 12.1 Å². The Bertz CT molecular complexity index is 462. The zero-order valence-corrected chi connectivity index (χ0v) is 12.6. The highest BCUT2D eigenvalue weighted by Crippen LogP contribution is 2.24. The van der Waals surface area contributed by atoms with Crippen LogP contribution in [0.3, 0.4) is 0 Å². The fourth-order valence-corrected chi connectivity index (χ4v) is 3.22. The average molecular weight is 296 g/mol. The predicted molar refractivity (Wildman–Crippen MR) is 81.3 cm³/mol. The highest BCUT2D eigenvalue weighted by Gasteiger charge is 2.30. The zero-order valence-electron chi connectivity index (χ0n) is 11.9. The highest BCUT2D eigenvalue weighted by atomic mass is 35.5. The molecule has 20 heavy (non-hydrogen) atoms. The largest absolute Gasteiger partial charge is 0.396 e. The first-order chi connectivity index (χ1) is 9.63. The summed E-state index contributed by atoms with van der Waals surface area (Å²) in [6.45, 7) is 3.07. The van der Waals surface area contributed by atoms with Crippen molar-refractivity contribution in [2.24, 2.45) is 0 Å². The molecule has 1 heterocycles. The van der Waals surface area contributed by atoms with Gasteiger partial charge >= 0.3 is 0 Å². The van der Waals surface area contributed by atoms with E-state index in [2.05, 4.69) is 4.90 Å². The fourth-order valence-electron chi connectivity index (χ4n) is 3.03. The van der Waals surface area contributed by atoms with Gasteiger partial charge in [-0.2, -0.15) is 0 Å². The molecule has 1 N–H and O–H groups in total. The molecule has 3 nitrogen and oxygen atoms in total. The van der Waals surface area contributed by atoms with E-state index in [-0.39, 0.29) is 18.4 Å². The third kappa shape index (κ3) is 3.60. The number of piperidine rings is 1. The van der Waals surface area contributed by atoms with Crippen LogP contribution in [0.4, 0.5) is 0 Å². The van der Waals surface area contributed by atoms with Crippen LogP contribution in [-0.2, 0) is 0 Å². The van der Waals surface area contributed by atoms with Gasteiger partial charge in [0.1, 0.15) is 0 Å². The van der Waals surface area contributed by atoms with Gasteiger partial charge in [0.15, 0.2) is 5.78 Å². The van der Waals surface area contributed by atoms with Gasteiger partial charge in [-0.15, -0.1) is 0 Å². The summed E-state index contributed by atoms with van der Waals surface area (Å²) >= 11 is 5.96. The molecule has 1 fully saturated rings. The van der Waals surface area contributed by atoms with Crippen LogP contribution in [0.1, 0.15) is 43.0 Å². The van der Waals surface area contributed by atoms with Gasteiger partial charge in [0, 0.05) is 23.2 Å². The summed E-state index contributed by atoms with van der Waals surface area (Å²) in [6, 6.07) is 7.28. The lowest BCUT2D eigenvalue weighted by molar-refractivity contribution is 0.0604. The number of ketones is 1. The maximum atomic E-state index is 12.6. The van der Waals surface area contributed by atoms with Crippen LogP contribution in [0.5, 0.6) is 0 Å². The molecule has 2 unspecified atom stereocenters. The lowest BCUT2D eigenvalue weighted by Crippen LogP contribution is -2.48. The maximum Gasteiger partial charge on any atom is 0.179 e. The zero-order chi connectivity index (χ0) is 14.5. The van der Waals surface area contributed by atoms with E-state index in [4.69, 9.17) is 11.6 Å². The molecule has 1 aliphatic rings. The number of likely N-dealkylation sites (tertiary alicyclic amines) is 1. The van der Waals surface area contributed by atoms with Crippen molar-refractivity contribution in [1.82, 2.24) is 4.90 Å². The van der Waals surface area contributed by atoms with Crippen LogP contribution in [0.2, 0.25) is 5.02 Å². The Morgan fingerprint density at radius 3 is 3.00 bits per heavy atom. The number of hydrogen-bond donors (Lipinski definition) is 1. The molecule has 1 saturated heterocycles. The summed E-state index contributed by atoms with van der Waals surface area (Å²) in [7, 11) is 0. The molecule has 2 rings (SSSR count). The van der Waals surface area contributed by atoms with Gasteiger partial charge in [-0.1, -0.05) is 30.2 Å². The van der Waals surface area contributed by atoms with Gasteiger partial charge in [0.05, 0.1) is 6.04 Å². The molecule has 110 valence electrons. The molecular weight excluding hydrogens is 274 g/mol. The van der Waals surface area contributed by atoms with E-state index in [1.165, 1.54) is 6.42 Å². The predicted octanol–water partition coefficient (Wildman–Crippen LogP) is 3.15. The van der Waals surface area contributed by atoms with E-state index in [0.717, 1.165) is 25.8 Å². The molecule has 0 bridgehead atoms. The normalized spacial score (nSPS) is 21.6. The fraction of sp³-hybridized carbons (Fsp3) is 0.562. The number of Topliss-reactive ketones (excluding diaryl/α,β-unsaturated/α-hetero) is 1. The highest BCUT2D eigenvalue weighted by molar-refractivity contribution is 6.31. The topological polar surface area (TPSA) is 40.5 Å². The molecular formula is C16H22ClNO2. The molecule has 0 aromatic heterocycles. The van der Waals surface area contributed by atoms with Crippen LogP contribution in [-0.4, -0.2) is 41.0 Å². The number of benzene rings is 1. The monoisotopic (exact) mass is 295 g/mol. The second-order valence-electron chi connectivity index (χ2n) is 5.45. The average Bonchev–Trinajstić information content (AvgIpc) is 2.47. The Hall–Kier alpha value is -0.900. The van der Waals surface area contributed by atoms with E-state index in [9.17, 15) is 9.90 Å². The molecule has 4 heteroatoms. The standard InChI is InChI=1S/C16H22ClNO2/c1-12(16(20)13-5-4-6-14(17)11-13)18-9-3-2-7-15(18)8-10-19/h4-6,11-12,15,19H,2-3,7-10H2,1H3. The van der Waals surface area contributed by atoms with Crippen molar-refractivity contribution >= 4 is 17.4 Å². The number of nitrogens with zero attached hydrogens (tertiary/aromatic N) is 1. The van der Waals surface area contributed by atoms with Crippen LogP contribution >= 0.6 is 11.6 Å². The lowest BCUT2D eigenvalue weighted by Gasteiger charge is -2.39. The number of aliphatic hydroxyl groups excluding tert-OH is 1. The molecule has 0 saturated carbocycles. The minimum Gasteiger partial charge on any atom is -0.396 e. The maximum absolute atomic E-state index is 12.6. The summed E-state index contributed by atoms with van der Waals surface area (Å²) in [4.78, 5) is 14.8. The molecule has 0 aliphatic carbocycles. The Balaban J connectivity index is 2.12. The SMILES string of the molecule is CC(C(=O)c1cccc(Cl)c1)N1CCCCC1CCO. The Morgan fingerprint density at radius 2 is 2.30 bits per heavy atom. The Kier molecular flexibility index (Phi) is 5.58. The van der Waals surface area contributed by atoms with Crippen molar-refractivity contribution < 1.29 is 9.90 Å². The summed E-state index contributed by atoms with van der Waals surface area (Å²) in [5.74, 6) is 0.109. The van der Waals surface area contributed by atoms with Crippen molar-refractivity contribution in [2.45, 2.75) is 44.7 Å². The summed E-state index contributed by atoms with van der Waals surface area (Å²) in [6.07, 6.45) is 4.11. The number of hydrogen-bond acceptors (Lipinski definition) is 3. The summed E-state index contributed by atoms with van der Waals surface area (Å²) in [5, 5.41) is 9.77. The number of carbonyl (C=O) groups is 1. The Morgan fingerprint density at radius 1 is 1.50 bits per heavy atom. The van der Waals surface area contributed by atoms with E-state index in [0.29, 0.717) is 16.6 Å². The second kappa shape index (κ2) is 7.21. The summed E-state index contributed by atoms with van der Waals surface area (Å²) < 4.78 is 0. The molecule has 2 atom stereocenters. The van der Waals surface area contributed by atoms with Crippen LogP contribution < -0.4 is 0 Å². The van der Waals surface area contributed by atoms with Gasteiger partial charge in [0.25, 0.3) is 0 Å². The van der Waals surface area contributed by atoms with Gasteiger partial charge in [-0.25, -0.2) is 0 Å². The summed E-state index contributed by atoms with van der Waals surface area (Å²) in [5.41, 5.74) is 0.665. The smallest absolute Gasteiger partial charge is 0.179 e. The molecule has 0 amide bonds. The minimum atomic E-state index is -0.162. The Labute approximate surface area is 125 Å². The van der Waals surface area contributed by atoms with Gasteiger partial charge in [-0.05, 0) is 44.9 Å². The first-order valence-corrected chi connectivity index (χ1v) is 7.67. The van der Waals surface area contributed by atoms with Crippen LogP contribution in [0, 0.1) is 0 Å². The quantitative estimate of drug-likeness (QED) is 0.848. The third-order valence-corrected chi connectivity index (χ3v) is 4.36. The van der Waals surface area contributed by atoms with Gasteiger partial charge < -0.3 is 5.11 Å². The van der Waals surface area contributed by atoms with Crippen molar-refractivity contribution in [3.05, 3.63) is 34.9 Å². The van der Waals surface area contributed by atoms with E-state index >= 15 is 0 Å². The molecule has 0 radical (unpaired) electrons. The number of aliphatic hydroxyl groups is 1. The number of rotatable bonds is 5. The minimum absolute atomic E-state index is 0.109. The van der Waals surface area contributed by atoms with E-state index in [1.807, 2.05) is 19.1 Å². The first kappa shape index (κ1) is 15.5. The third-order valence-electron chi connectivity index (χ3n) is 4.12. The van der Waals surface area contributed by atoms with Crippen LogP contribution in [0.25, 0.3) is 0 Å². The molecule has 0 spiro atoms. The van der Waals surface area contributed by atoms with Crippen molar-refractivity contribution in [3.63, 3.8) is 0 Å².